The van der Waals surface area contributed by atoms with Gasteiger partial charge in [-0.2, -0.15) is 0 Å². The second kappa shape index (κ2) is 8.27. The van der Waals surface area contributed by atoms with E-state index in [4.69, 9.17) is 17.3 Å². The Balaban J connectivity index is 1.98. The predicted octanol–water partition coefficient (Wildman–Crippen LogP) is 5.02. The lowest BCUT2D eigenvalue weighted by Crippen LogP contribution is -2.07. The van der Waals surface area contributed by atoms with Gasteiger partial charge in [-0.25, -0.2) is 8.42 Å². The van der Waals surface area contributed by atoms with Crippen LogP contribution in [-0.2, 0) is 16.3 Å². The Bertz CT molecular complexity index is 1160. The zero-order valence-electron chi connectivity index (χ0n) is 16.1. The number of benzene rings is 3. The van der Waals surface area contributed by atoms with Crippen LogP contribution >= 0.6 is 11.6 Å². The molecule has 0 heterocycles. The second-order valence-electron chi connectivity index (χ2n) is 6.73. The maximum atomic E-state index is 12.3. The number of rotatable bonds is 6. The van der Waals surface area contributed by atoms with Crippen LogP contribution in [0.15, 0.2) is 65.6 Å². The molecule has 0 aliphatic rings. The minimum absolute atomic E-state index is 0.0290. The number of nitrogens with one attached hydrogen (secondary N) is 1. The van der Waals surface area contributed by atoms with E-state index >= 15 is 0 Å². The average Bonchev–Trinajstić information content (AvgIpc) is 2.68. The van der Waals surface area contributed by atoms with Gasteiger partial charge in [0.15, 0.2) is 9.84 Å². The lowest BCUT2D eigenvalue weighted by atomic mass is 10.0. The number of anilines is 3. The molecule has 0 aliphatic carbocycles. The number of sulfone groups is 1. The topological polar surface area (TPSA) is 89.3 Å². The van der Waals surface area contributed by atoms with Crippen molar-refractivity contribution < 1.29 is 13.2 Å². The lowest BCUT2D eigenvalue weighted by molar-refractivity contribution is 0.108. The third-order valence-corrected chi connectivity index (χ3v) is 5.95. The lowest BCUT2D eigenvalue weighted by Gasteiger charge is -2.15. The largest absolute Gasteiger partial charge is 0.399 e. The van der Waals surface area contributed by atoms with Gasteiger partial charge in [0.05, 0.1) is 10.6 Å². The molecule has 3 N–H and O–H groups in total. The first-order valence-electron chi connectivity index (χ1n) is 8.99. The SMILES string of the molecule is CCc1cc(Nc2ccc(-c3ccc(N)cc3)cc2)c(S(C)(=O)=O)cc1C(=O)Cl. The quantitative estimate of drug-likeness (QED) is 0.424. The molecule has 0 fully saturated rings. The molecule has 0 unspecified atom stereocenters. The first kappa shape index (κ1) is 20.9. The standard InChI is InChI=1S/C22H21ClN2O3S/c1-3-14-12-20(21(29(2,27)28)13-19(14)22(23)26)25-18-10-6-16(7-11-18)15-4-8-17(24)9-5-15/h4-13,25H,3,24H2,1-2H3. The number of halogens is 1. The van der Waals surface area contributed by atoms with Crippen molar-refractivity contribution in [2.24, 2.45) is 0 Å². The Morgan fingerprint density at radius 2 is 1.55 bits per heavy atom. The maximum absolute atomic E-state index is 12.3. The summed E-state index contributed by atoms with van der Waals surface area (Å²) in [6.45, 7) is 1.88. The third kappa shape index (κ3) is 4.78. The zero-order valence-corrected chi connectivity index (χ0v) is 17.6. The van der Waals surface area contributed by atoms with E-state index in [1.807, 2.05) is 55.5 Å². The van der Waals surface area contributed by atoms with Crippen molar-refractivity contribution in [1.29, 1.82) is 0 Å². The fourth-order valence-electron chi connectivity index (χ4n) is 3.08. The smallest absolute Gasteiger partial charge is 0.252 e. The molecule has 0 saturated heterocycles. The number of hydrogen-bond acceptors (Lipinski definition) is 5. The van der Waals surface area contributed by atoms with Gasteiger partial charge in [-0.3, -0.25) is 4.79 Å². The number of carbonyl (C=O) groups is 1. The molecule has 0 bridgehead atoms. The molecular formula is C22H21ClN2O3S. The molecule has 0 radical (unpaired) electrons. The monoisotopic (exact) mass is 428 g/mol. The molecule has 0 saturated carbocycles. The van der Waals surface area contributed by atoms with E-state index in [-0.39, 0.29) is 10.5 Å². The van der Waals surface area contributed by atoms with Crippen molar-refractivity contribution in [3.63, 3.8) is 0 Å². The first-order chi connectivity index (χ1) is 13.7. The minimum Gasteiger partial charge on any atom is -0.399 e. The van der Waals surface area contributed by atoms with E-state index in [9.17, 15) is 13.2 Å². The summed E-state index contributed by atoms with van der Waals surface area (Å²) in [5.74, 6) is 0. The highest BCUT2D eigenvalue weighted by atomic mass is 35.5. The summed E-state index contributed by atoms with van der Waals surface area (Å²) in [7, 11) is -3.58. The molecule has 0 spiro atoms. The van der Waals surface area contributed by atoms with Crippen LogP contribution in [0.5, 0.6) is 0 Å². The fourth-order valence-corrected chi connectivity index (χ4v) is 4.10. The van der Waals surface area contributed by atoms with Gasteiger partial charge in [-0.15, -0.1) is 0 Å². The van der Waals surface area contributed by atoms with Gasteiger partial charge in [-0.05, 0) is 71.1 Å². The van der Waals surface area contributed by atoms with Crippen LogP contribution in [0, 0.1) is 0 Å². The van der Waals surface area contributed by atoms with Crippen LogP contribution in [0.2, 0.25) is 0 Å². The van der Waals surface area contributed by atoms with Gasteiger partial charge in [0.2, 0.25) is 0 Å². The van der Waals surface area contributed by atoms with E-state index in [1.165, 1.54) is 6.07 Å². The molecular weight excluding hydrogens is 408 g/mol. The zero-order chi connectivity index (χ0) is 21.2. The van der Waals surface area contributed by atoms with Crippen LogP contribution in [0.1, 0.15) is 22.8 Å². The highest BCUT2D eigenvalue weighted by molar-refractivity contribution is 7.90. The average molecular weight is 429 g/mol. The van der Waals surface area contributed by atoms with Crippen LogP contribution in [0.4, 0.5) is 17.1 Å². The van der Waals surface area contributed by atoms with Gasteiger partial charge in [0.1, 0.15) is 0 Å². The first-order valence-corrected chi connectivity index (χ1v) is 11.3. The van der Waals surface area contributed by atoms with Crippen LogP contribution < -0.4 is 11.1 Å². The number of hydrogen-bond donors (Lipinski definition) is 2. The molecule has 5 nitrogen and oxygen atoms in total. The molecule has 0 aliphatic heterocycles. The van der Waals surface area contributed by atoms with Crippen molar-refractivity contribution in [3.8, 4) is 11.1 Å². The summed E-state index contributed by atoms with van der Waals surface area (Å²) in [4.78, 5) is 11.7. The molecule has 150 valence electrons. The van der Waals surface area contributed by atoms with E-state index in [1.54, 1.807) is 6.07 Å². The van der Waals surface area contributed by atoms with Gasteiger partial charge < -0.3 is 11.1 Å². The highest BCUT2D eigenvalue weighted by Crippen LogP contribution is 2.31. The van der Waals surface area contributed by atoms with Gasteiger partial charge in [0, 0.05) is 23.2 Å². The van der Waals surface area contributed by atoms with Crippen LogP contribution in [-0.4, -0.2) is 19.9 Å². The second-order valence-corrected chi connectivity index (χ2v) is 9.06. The van der Waals surface area contributed by atoms with Crippen LogP contribution in [0.25, 0.3) is 11.1 Å². The van der Waals surface area contributed by atoms with E-state index < -0.39 is 15.1 Å². The van der Waals surface area contributed by atoms with Gasteiger partial charge in [-0.1, -0.05) is 31.2 Å². The summed E-state index contributed by atoms with van der Waals surface area (Å²) >= 11 is 5.65. The molecule has 3 aromatic carbocycles. The number of nitrogen functional groups attached to an aromatic ring is 1. The van der Waals surface area contributed by atoms with E-state index in [2.05, 4.69) is 5.32 Å². The molecule has 0 amide bonds. The molecule has 3 rings (SSSR count). The van der Waals surface area contributed by atoms with E-state index in [0.717, 1.165) is 23.1 Å². The van der Waals surface area contributed by atoms with Crippen LogP contribution in [0.3, 0.4) is 0 Å². The molecule has 0 aromatic heterocycles. The Kier molecular flexibility index (Phi) is 5.96. The van der Waals surface area contributed by atoms with E-state index in [0.29, 0.717) is 23.4 Å². The summed E-state index contributed by atoms with van der Waals surface area (Å²) in [6, 6.07) is 18.2. The molecule has 3 aromatic rings. The molecule has 0 atom stereocenters. The summed E-state index contributed by atoms with van der Waals surface area (Å²) in [5.41, 5.74) is 10.5. The fraction of sp³-hybridized carbons (Fsp3) is 0.136. The Hall–Kier alpha value is -2.83. The molecule has 7 heteroatoms. The number of aryl methyl sites for hydroxylation is 1. The van der Waals surface area contributed by atoms with Crippen molar-refractivity contribution in [2.75, 3.05) is 17.3 Å². The minimum atomic E-state index is -3.58. The summed E-state index contributed by atoms with van der Waals surface area (Å²) < 4.78 is 24.6. The number of nitrogens with two attached hydrogens (primary N) is 1. The predicted molar refractivity (Wildman–Crippen MR) is 119 cm³/mol. The maximum Gasteiger partial charge on any atom is 0.252 e. The summed E-state index contributed by atoms with van der Waals surface area (Å²) in [6.07, 6.45) is 1.65. The van der Waals surface area contributed by atoms with Crippen molar-refractivity contribution >= 4 is 43.7 Å². The van der Waals surface area contributed by atoms with Crippen molar-refractivity contribution in [2.45, 2.75) is 18.2 Å². The normalized spacial score (nSPS) is 11.3. The van der Waals surface area contributed by atoms with Crippen molar-refractivity contribution in [1.82, 2.24) is 0 Å². The van der Waals surface area contributed by atoms with Gasteiger partial charge in [0.25, 0.3) is 5.24 Å². The Morgan fingerprint density at radius 3 is 2.03 bits per heavy atom. The third-order valence-electron chi connectivity index (χ3n) is 4.61. The summed E-state index contributed by atoms with van der Waals surface area (Å²) in [5, 5.41) is 2.48. The highest BCUT2D eigenvalue weighted by Gasteiger charge is 2.19. The van der Waals surface area contributed by atoms with Gasteiger partial charge >= 0.3 is 0 Å². The number of carbonyl (C=O) groups excluding carboxylic acids is 1. The Labute approximate surface area is 175 Å². The molecule has 29 heavy (non-hydrogen) atoms. The Morgan fingerprint density at radius 1 is 1.00 bits per heavy atom. The van der Waals surface area contributed by atoms with Crippen molar-refractivity contribution in [3.05, 3.63) is 71.8 Å².